The minimum Gasteiger partial charge on any atom is -0.490 e. The average Bonchev–Trinajstić information content (AvgIpc) is 3.03. The lowest BCUT2D eigenvalue weighted by Crippen LogP contribution is -2.47. The van der Waals surface area contributed by atoms with Gasteiger partial charge in [0, 0.05) is 43.8 Å². The minimum atomic E-state index is -0.385. The predicted octanol–water partition coefficient (Wildman–Crippen LogP) is 6.51. The third-order valence-electron chi connectivity index (χ3n) is 10.1. The van der Waals surface area contributed by atoms with Gasteiger partial charge in [-0.2, -0.15) is 0 Å². The largest absolute Gasteiger partial charge is 0.490 e. The van der Waals surface area contributed by atoms with Crippen molar-refractivity contribution >= 4 is 17.5 Å². The van der Waals surface area contributed by atoms with Crippen molar-refractivity contribution in [1.82, 2.24) is 9.80 Å². The van der Waals surface area contributed by atoms with E-state index in [1.54, 1.807) is 11.0 Å². The maximum Gasteiger partial charge on any atom is 0.258 e. The van der Waals surface area contributed by atoms with E-state index in [-0.39, 0.29) is 48.5 Å². The number of amides is 2. The van der Waals surface area contributed by atoms with E-state index in [1.807, 2.05) is 26.0 Å². The number of carbonyl (C=O) groups excluding carboxylic acids is 2. The summed E-state index contributed by atoms with van der Waals surface area (Å²) in [6.45, 7) is 8.99. The van der Waals surface area contributed by atoms with Crippen LogP contribution in [0.5, 0.6) is 5.75 Å². The Morgan fingerprint density at radius 1 is 1.00 bits per heavy atom. The summed E-state index contributed by atoms with van der Waals surface area (Å²) in [5.74, 6) is 1.19. The zero-order chi connectivity index (χ0) is 31.5. The topological polar surface area (TPSA) is 91.3 Å². The highest BCUT2D eigenvalue weighted by Crippen LogP contribution is 2.30. The first-order valence-electron chi connectivity index (χ1n) is 17.6. The van der Waals surface area contributed by atoms with Crippen molar-refractivity contribution in [1.29, 1.82) is 0 Å². The standard InChI is InChI=1S/C36H59N3O5/c1-26-22-39(27(2)25-40)36(42)32-21-31(37-35(41)30-16-9-6-10-17-30)18-19-33(32)44-28(3)13-11-12-20-43-34(26)24-38(4)23-29-14-7-5-8-15-29/h18-19,21,26-30,34,40H,5-17,20,22-25H2,1-4H3,(H,37,41)/t26-,27+,28-,34+/m0/s1. The number of anilines is 1. The van der Waals surface area contributed by atoms with Gasteiger partial charge in [0.2, 0.25) is 5.91 Å². The zero-order valence-corrected chi connectivity index (χ0v) is 27.9. The van der Waals surface area contributed by atoms with Gasteiger partial charge in [-0.3, -0.25) is 9.59 Å². The van der Waals surface area contributed by atoms with E-state index < -0.39 is 0 Å². The number of nitrogens with zero attached hydrogens (tertiary/aromatic N) is 2. The van der Waals surface area contributed by atoms with E-state index >= 15 is 0 Å². The monoisotopic (exact) mass is 613 g/mol. The van der Waals surface area contributed by atoms with Crippen molar-refractivity contribution in [3.05, 3.63) is 23.8 Å². The molecule has 8 heteroatoms. The molecule has 0 saturated heterocycles. The summed E-state index contributed by atoms with van der Waals surface area (Å²) in [4.78, 5) is 31.6. The highest BCUT2D eigenvalue weighted by atomic mass is 16.5. The lowest BCUT2D eigenvalue weighted by atomic mass is 9.88. The molecule has 0 spiro atoms. The summed E-state index contributed by atoms with van der Waals surface area (Å²) in [5, 5.41) is 13.3. The van der Waals surface area contributed by atoms with E-state index in [9.17, 15) is 14.7 Å². The second-order valence-corrected chi connectivity index (χ2v) is 14.1. The molecule has 2 aliphatic carbocycles. The molecule has 248 valence electrons. The summed E-state index contributed by atoms with van der Waals surface area (Å²) in [6.07, 6.45) is 14.5. The average molecular weight is 614 g/mol. The number of nitrogens with one attached hydrogen (secondary N) is 1. The number of aliphatic hydroxyl groups is 1. The molecule has 1 heterocycles. The third kappa shape index (κ3) is 10.2. The smallest absolute Gasteiger partial charge is 0.258 e. The number of ether oxygens (including phenoxy) is 2. The highest BCUT2D eigenvalue weighted by molar-refractivity contribution is 6.00. The fraction of sp³-hybridized carbons (Fsp3) is 0.778. The zero-order valence-electron chi connectivity index (χ0n) is 27.9. The molecular formula is C36H59N3O5. The van der Waals surface area contributed by atoms with Gasteiger partial charge in [-0.15, -0.1) is 0 Å². The number of aliphatic hydroxyl groups excluding tert-OH is 1. The van der Waals surface area contributed by atoms with Crippen molar-refractivity contribution in [2.75, 3.05) is 45.2 Å². The van der Waals surface area contributed by atoms with E-state index in [4.69, 9.17) is 9.47 Å². The summed E-state index contributed by atoms with van der Waals surface area (Å²) >= 11 is 0. The number of benzene rings is 1. The predicted molar refractivity (Wildman–Crippen MR) is 176 cm³/mol. The molecular weight excluding hydrogens is 554 g/mol. The Hall–Kier alpha value is -2.16. The van der Waals surface area contributed by atoms with E-state index in [2.05, 4.69) is 24.2 Å². The van der Waals surface area contributed by atoms with Gasteiger partial charge in [0.1, 0.15) is 5.75 Å². The molecule has 1 aromatic rings. The van der Waals surface area contributed by atoms with Gasteiger partial charge >= 0.3 is 0 Å². The summed E-state index contributed by atoms with van der Waals surface area (Å²) in [6, 6.07) is 5.05. The molecule has 2 saturated carbocycles. The van der Waals surface area contributed by atoms with Crippen LogP contribution >= 0.6 is 0 Å². The first-order valence-corrected chi connectivity index (χ1v) is 17.6. The van der Waals surface area contributed by atoms with Crippen LogP contribution in [0.25, 0.3) is 0 Å². The van der Waals surface area contributed by atoms with Crippen LogP contribution in [0.3, 0.4) is 0 Å². The third-order valence-corrected chi connectivity index (χ3v) is 10.1. The van der Waals surface area contributed by atoms with Gasteiger partial charge in [0.15, 0.2) is 0 Å². The lowest BCUT2D eigenvalue weighted by Gasteiger charge is -2.36. The second-order valence-electron chi connectivity index (χ2n) is 14.1. The molecule has 0 radical (unpaired) electrons. The molecule has 0 aromatic heterocycles. The van der Waals surface area contributed by atoms with E-state index in [0.29, 0.717) is 30.2 Å². The fourth-order valence-corrected chi connectivity index (χ4v) is 7.26. The minimum absolute atomic E-state index is 0.0179. The number of likely N-dealkylation sites (N-methyl/N-ethyl adjacent to an activating group) is 1. The first-order chi connectivity index (χ1) is 21.2. The van der Waals surface area contributed by atoms with Crippen molar-refractivity contribution in [2.24, 2.45) is 17.8 Å². The normalized spacial score (nSPS) is 26.0. The van der Waals surface area contributed by atoms with E-state index in [0.717, 1.165) is 64.0 Å². The van der Waals surface area contributed by atoms with Crippen LogP contribution in [0.15, 0.2) is 18.2 Å². The van der Waals surface area contributed by atoms with Crippen LogP contribution in [0.1, 0.15) is 115 Å². The number of fused-ring (bicyclic) bond motifs is 1. The molecule has 2 N–H and O–H groups in total. The number of hydrogen-bond acceptors (Lipinski definition) is 6. The number of carbonyl (C=O) groups is 2. The van der Waals surface area contributed by atoms with Crippen molar-refractivity contribution in [2.45, 2.75) is 122 Å². The van der Waals surface area contributed by atoms with Gasteiger partial charge in [-0.25, -0.2) is 0 Å². The Bertz CT molecular complexity index is 1040. The molecule has 44 heavy (non-hydrogen) atoms. The fourth-order valence-electron chi connectivity index (χ4n) is 7.26. The molecule has 2 fully saturated rings. The molecule has 2 amide bonds. The first kappa shape index (κ1) is 34.7. The van der Waals surface area contributed by atoms with Crippen molar-refractivity contribution in [3.63, 3.8) is 0 Å². The maximum atomic E-state index is 14.4. The summed E-state index contributed by atoms with van der Waals surface area (Å²) in [5.41, 5.74) is 1.04. The van der Waals surface area contributed by atoms with Crippen LogP contribution in [0.4, 0.5) is 5.69 Å². The van der Waals surface area contributed by atoms with E-state index in [1.165, 1.54) is 38.5 Å². The van der Waals surface area contributed by atoms with Crippen molar-refractivity contribution < 1.29 is 24.2 Å². The Morgan fingerprint density at radius 2 is 1.68 bits per heavy atom. The number of hydrogen-bond donors (Lipinski definition) is 2. The molecule has 4 atom stereocenters. The molecule has 8 nitrogen and oxygen atoms in total. The molecule has 4 rings (SSSR count). The van der Waals surface area contributed by atoms with Crippen LogP contribution in [0, 0.1) is 17.8 Å². The Balaban J connectivity index is 1.56. The Morgan fingerprint density at radius 3 is 2.39 bits per heavy atom. The maximum absolute atomic E-state index is 14.4. The highest BCUT2D eigenvalue weighted by Gasteiger charge is 2.31. The lowest BCUT2D eigenvalue weighted by molar-refractivity contribution is -0.120. The van der Waals surface area contributed by atoms with Crippen molar-refractivity contribution in [3.8, 4) is 5.75 Å². The Labute approximate surface area is 266 Å². The second kappa shape index (κ2) is 17.5. The summed E-state index contributed by atoms with van der Waals surface area (Å²) < 4.78 is 12.9. The van der Waals surface area contributed by atoms with Crippen LogP contribution in [-0.4, -0.2) is 84.9 Å². The quantitative estimate of drug-likeness (QED) is 0.347. The van der Waals surface area contributed by atoms with Gasteiger partial charge in [-0.05, 0) is 90.0 Å². The van der Waals surface area contributed by atoms with Gasteiger partial charge in [0.05, 0.1) is 30.4 Å². The molecule has 0 bridgehead atoms. The Kier molecular flexibility index (Phi) is 13.8. The molecule has 3 aliphatic rings. The van der Waals surface area contributed by atoms with Crippen LogP contribution in [0.2, 0.25) is 0 Å². The molecule has 1 aromatic carbocycles. The van der Waals surface area contributed by atoms with Crippen LogP contribution in [-0.2, 0) is 9.53 Å². The van der Waals surface area contributed by atoms with Gasteiger partial charge < -0.3 is 29.7 Å². The summed E-state index contributed by atoms with van der Waals surface area (Å²) in [7, 11) is 2.20. The van der Waals surface area contributed by atoms with Crippen LogP contribution < -0.4 is 10.1 Å². The van der Waals surface area contributed by atoms with Gasteiger partial charge in [-0.1, -0.05) is 45.4 Å². The SMILES string of the molecule is C[C@H](CO)N1C[C@H](C)[C@@H](CN(C)CC2CCCCC2)OCCCC[C@H](C)Oc2ccc(NC(=O)C3CCCCC3)cc2C1=O. The molecule has 1 aliphatic heterocycles. The number of rotatable bonds is 8. The molecule has 0 unspecified atom stereocenters. The van der Waals surface area contributed by atoms with Gasteiger partial charge in [0.25, 0.3) is 5.91 Å².